The molecule has 12 nitrogen and oxygen atoms in total. The van der Waals surface area contributed by atoms with Crippen molar-refractivity contribution in [3.05, 3.63) is 35.4 Å². The second-order valence-corrected chi connectivity index (χ2v) is 23.5. The van der Waals surface area contributed by atoms with Crippen molar-refractivity contribution in [2.45, 2.75) is 244 Å². The molecular formula is C53H95N3O9PS2. The first-order valence-electron chi connectivity index (χ1n) is 26.8. The molecule has 2 rings (SSSR count). The third-order valence-corrected chi connectivity index (χ3v) is 16.2. The van der Waals surface area contributed by atoms with Gasteiger partial charge in [0.15, 0.2) is 11.8 Å². The van der Waals surface area contributed by atoms with Gasteiger partial charge in [-0.1, -0.05) is 221 Å². The highest BCUT2D eigenvalue weighted by molar-refractivity contribution is 8.76. The number of unbranched alkanes of at least 4 members (excludes halogenated alkanes) is 24. The number of hydrogen-bond acceptors (Lipinski definition) is 12. The number of carbonyl (C=O) groups is 2. The van der Waals surface area contributed by atoms with Gasteiger partial charge in [0.25, 0.3) is 0 Å². The van der Waals surface area contributed by atoms with Gasteiger partial charge in [0.05, 0.1) is 13.2 Å². The first kappa shape index (κ1) is 62.5. The lowest BCUT2D eigenvalue weighted by molar-refractivity contribution is -0.256. The topological polar surface area (TPSA) is 147 Å². The number of rotatable bonds is 43. The van der Waals surface area contributed by atoms with Crippen LogP contribution in [0.5, 0.6) is 0 Å². The molecule has 393 valence electrons. The van der Waals surface area contributed by atoms with E-state index in [1.54, 1.807) is 10.8 Å². The number of phosphoric ester groups is 1. The summed E-state index contributed by atoms with van der Waals surface area (Å²) in [5, 5.41) is 14.7. The normalized spacial score (nSPS) is 17.2. The second-order valence-electron chi connectivity index (χ2n) is 19.5. The van der Waals surface area contributed by atoms with E-state index in [0.717, 1.165) is 60.6 Å². The van der Waals surface area contributed by atoms with Crippen LogP contribution in [0.15, 0.2) is 29.3 Å². The number of likely N-dealkylation sites (N-methyl/N-ethyl adjacent to an activating group) is 1. The van der Waals surface area contributed by atoms with E-state index in [1.165, 1.54) is 133 Å². The summed E-state index contributed by atoms with van der Waals surface area (Å²) < 4.78 is 34.5. The SMILES string of the molecule is CCCCCCCCCCCCCCCC(=O)OC[C@@H](COP(=O)(O)OCCSSCc1ccc(C2(CC)N=C(N(C)C)C(C)(C)N2[O])cc1)OC(=O)CCCCCCCCCCCCCCC. The van der Waals surface area contributed by atoms with Crippen LogP contribution in [0.4, 0.5) is 0 Å². The Kier molecular flexibility index (Phi) is 34.1. The molecule has 1 radical (unpaired) electrons. The molecule has 1 aromatic carbocycles. The molecule has 1 aliphatic rings. The van der Waals surface area contributed by atoms with E-state index in [1.807, 2.05) is 64.0 Å². The molecule has 3 atom stereocenters. The van der Waals surface area contributed by atoms with E-state index >= 15 is 0 Å². The minimum Gasteiger partial charge on any atom is -0.462 e. The molecule has 0 spiro atoms. The molecule has 15 heteroatoms. The van der Waals surface area contributed by atoms with Gasteiger partial charge in [-0.15, -0.1) is 10.3 Å². The molecule has 0 amide bonds. The van der Waals surface area contributed by atoms with Gasteiger partial charge in [-0.3, -0.25) is 18.6 Å². The van der Waals surface area contributed by atoms with Crippen molar-refractivity contribution < 1.29 is 42.8 Å². The lowest BCUT2D eigenvalue weighted by Crippen LogP contribution is -2.52. The number of aliphatic imine (C=N–C) groups is 1. The first-order chi connectivity index (χ1) is 32.7. The van der Waals surface area contributed by atoms with E-state index in [9.17, 15) is 24.3 Å². The summed E-state index contributed by atoms with van der Waals surface area (Å²) in [6.07, 6.45) is 31.4. The first-order valence-corrected chi connectivity index (χ1v) is 30.8. The van der Waals surface area contributed by atoms with Crippen molar-refractivity contribution in [3.8, 4) is 0 Å². The molecule has 0 bridgehead atoms. The average molecular weight is 1010 g/mol. The molecule has 0 saturated carbocycles. The molecule has 0 aromatic heterocycles. The van der Waals surface area contributed by atoms with Crippen molar-refractivity contribution in [1.82, 2.24) is 9.96 Å². The Labute approximate surface area is 422 Å². The van der Waals surface area contributed by atoms with Gasteiger partial charge in [-0.25, -0.2) is 9.56 Å². The summed E-state index contributed by atoms with van der Waals surface area (Å²) in [6, 6.07) is 7.97. The fourth-order valence-electron chi connectivity index (χ4n) is 8.80. The zero-order valence-corrected chi connectivity index (χ0v) is 46.3. The van der Waals surface area contributed by atoms with E-state index in [2.05, 4.69) is 13.8 Å². The zero-order valence-electron chi connectivity index (χ0n) is 43.7. The van der Waals surface area contributed by atoms with Crippen LogP contribution in [-0.4, -0.2) is 83.9 Å². The van der Waals surface area contributed by atoms with E-state index < -0.39 is 37.7 Å². The van der Waals surface area contributed by atoms with Gasteiger partial charge in [0, 0.05) is 38.4 Å². The maximum Gasteiger partial charge on any atom is 0.472 e. The Bertz CT molecular complexity index is 1550. The lowest BCUT2D eigenvalue weighted by Gasteiger charge is -2.36. The Morgan fingerprint density at radius 3 is 1.57 bits per heavy atom. The van der Waals surface area contributed by atoms with E-state index in [4.69, 9.17) is 23.5 Å². The quantitative estimate of drug-likeness (QED) is 0.0287. The number of phosphoric acid groups is 1. The van der Waals surface area contributed by atoms with Crippen LogP contribution in [0.3, 0.4) is 0 Å². The third-order valence-electron chi connectivity index (χ3n) is 12.9. The number of carbonyl (C=O) groups excluding carboxylic acids is 2. The maximum absolute atomic E-state index is 13.6. The van der Waals surface area contributed by atoms with Gasteiger partial charge >= 0.3 is 19.8 Å². The number of benzene rings is 1. The van der Waals surface area contributed by atoms with Crippen LogP contribution in [0.1, 0.15) is 232 Å². The van der Waals surface area contributed by atoms with Crippen molar-refractivity contribution in [2.24, 2.45) is 4.99 Å². The van der Waals surface area contributed by atoms with Gasteiger partial charge in [-0.2, -0.15) is 0 Å². The number of nitrogens with zero attached hydrogens (tertiary/aromatic N) is 3. The van der Waals surface area contributed by atoms with Crippen LogP contribution in [0.2, 0.25) is 0 Å². The predicted molar refractivity (Wildman–Crippen MR) is 283 cm³/mol. The summed E-state index contributed by atoms with van der Waals surface area (Å²) >= 11 is 0. The fraction of sp³-hybridized carbons (Fsp3) is 0.830. The monoisotopic (exact) mass is 1010 g/mol. The minimum absolute atomic E-state index is 0.0393. The van der Waals surface area contributed by atoms with Crippen LogP contribution in [0, 0.1) is 0 Å². The fourth-order valence-corrected chi connectivity index (χ4v) is 11.6. The average Bonchev–Trinajstić information content (AvgIpc) is 3.53. The molecule has 0 aliphatic carbocycles. The molecule has 68 heavy (non-hydrogen) atoms. The lowest BCUT2D eigenvalue weighted by atomic mass is 9.94. The van der Waals surface area contributed by atoms with Crippen molar-refractivity contribution in [2.75, 3.05) is 39.7 Å². The summed E-state index contributed by atoms with van der Waals surface area (Å²) in [6.45, 7) is 9.55. The second kappa shape index (κ2) is 37.2. The Morgan fingerprint density at radius 2 is 1.13 bits per heavy atom. The highest BCUT2D eigenvalue weighted by Crippen LogP contribution is 2.45. The number of ether oxygens (including phenoxy) is 2. The van der Waals surface area contributed by atoms with Gasteiger partial charge in [0.1, 0.15) is 18.0 Å². The van der Waals surface area contributed by atoms with Crippen LogP contribution < -0.4 is 0 Å². The van der Waals surface area contributed by atoms with Gasteiger partial charge in [0.2, 0.25) is 0 Å². The molecule has 2 unspecified atom stereocenters. The molecule has 1 heterocycles. The maximum atomic E-state index is 13.6. The van der Waals surface area contributed by atoms with E-state index in [0.29, 0.717) is 24.3 Å². The highest BCUT2D eigenvalue weighted by atomic mass is 33.1. The largest absolute Gasteiger partial charge is 0.472 e. The molecule has 1 aromatic rings. The zero-order chi connectivity index (χ0) is 49.9. The standard InChI is InChI=1S/C53H95N3O9PS2/c1-8-11-13-15-17-19-21-23-25-27-29-31-33-35-49(57)62-43-48(65-50(58)36-34-32-30-28-26-24-22-20-18-16-14-12-9-2)44-64-66(60,61)63-41-42-67-68-45-46-37-39-47(40-38-46)53(10-3)54-51(55(6)7)52(4,5)56(53)59/h37-40,48H,8-36,41-45H2,1-7H3,(H,60,61)/t48-,53?/m0/s1. The van der Waals surface area contributed by atoms with Gasteiger partial charge < -0.3 is 19.3 Å². The molecular weight excluding hydrogens is 918 g/mol. The Morgan fingerprint density at radius 1 is 0.676 bits per heavy atom. The number of hydroxylamine groups is 2. The van der Waals surface area contributed by atoms with E-state index in [-0.39, 0.29) is 32.0 Å². The van der Waals surface area contributed by atoms with Crippen LogP contribution >= 0.6 is 29.4 Å². The number of amidine groups is 1. The Balaban J connectivity index is 1.75. The van der Waals surface area contributed by atoms with Crippen LogP contribution in [-0.2, 0) is 49.3 Å². The summed E-state index contributed by atoms with van der Waals surface area (Å²) in [4.78, 5) is 42.9. The summed E-state index contributed by atoms with van der Waals surface area (Å²) in [7, 11) is 2.42. The molecule has 1 N–H and O–H groups in total. The predicted octanol–water partition coefficient (Wildman–Crippen LogP) is 15.1. The minimum atomic E-state index is -4.49. The molecule has 1 aliphatic heterocycles. The Hall–Kier alpha value is -1.64. The van der Waals surface area contributed by atoms with Crippen LogP contribution in [0.25, 0.3) is 0 Å². The summed E-state index contributed by atoms with van der Waals surface area (Å²) in [5.74, 6) is 1.02. The molecule has 0 saturated heterocycles. The van der Waals surface area contributed by atoms with Crippen molar-refractivity contribution in [3.63, 3.8) is 0 Å². The number of esters is 2. The summed E-state index contributed by atoms with van der Waals surface area (Å²) in [5.41, 5.74) is 0.185. The third kappa shape index (κ3) is 26.2. The van der Waals surface area contributed by atoms with Crippen molar-refractivity contribution in [1.29, 1.82) is 0 Å². The number of hydrogen-bond donors (Lipinski definition) is 1. The van der Waals surface area contributed by atoms with Gasteiger partial charge in [-0.05, 0) is 44.2 Å². The molecule has 0 fully saturated rings. The smallest absolute Gasteiger partial charge is 0.462 e. The highest BCUT2D eigenvalue weighted by Gasteiger charge is 2.54. The van der Waals surface area contributed by atoms with Crippen molar-refractivity contribution >= 4 is 47.2 Å².